The normalized spacial score (nSPS) is 7.64. The summed E-state index contributed by atoms with van der Waals surface area (Å²) in [5.74, 6) is 0.191. The summed E-state index contributed by atoms with van der Waals surface area (Å²) in [6.45, 7) is 15.5. The maximum Gasteiger partial charge on any atom is 0.219 e. The van der Waals surface area contributed by atoms with E-state index in [1.807, 2.05) is 39.5 Å². The number of nitrogens with zero attached hydrogens (tertiary/aromatic N) is 1. The Labute approximate surface area is 90.7 Å². The molecule has 88 valence electrons. The highest BCUT2D eigenvalue weighted by molar-refractivity contribution is 5.73. The molecule has 14 heavy (non-hydrogen) atoms. The zero-order valence-corrected chi connectivity index (χ0v) is 11.2. The van der Waals surface area contributed by atoms with Crippen molar-refractivity contribution in [3.05, 3.63) is 0 Å². The van der Waals surface area contributed by atoms with Crippen molar-refractivity contribution >= 4 is 5.91 Å². The third-order valence-corrected chi connectivity index (χ3v) is 1.61. The van der Waals surface area contributed by atoms with Crippen molar-refractivity contribution < 1.29 is 4.79 Å². The van der Waals surface area contributed by atoms with Crippen molar-refractivity contribution in [3.8, 4) is 0 Å². The van der Waals surface area contributed by atoms with E-state index >= 15 is 0 Å². The van der Waals surface area contributed by atoms with E-state index in [0.717, 1.165) is 25.9 Å². The molecule has 0 fully saturated rings. The van der Waals surface area contributed by atoms with Gasteiger partial charge in [0.1, 0.15) is 0 Å². The molecule has 0 aromatic heterocycles. The zero-order valence-electron chi connectivity index (χ0n) is 11.2. The predicted octanol–water partition coefficient (Wildman–Crippen LogP) is 3.71. The van der Waals surface area contributed by atoms with Crippen molar-refractivity contribution in [2.45, 2.75) is 61.3 Å². The lowest BCUT2D eigenvalue weighted by Crippen LogP contribution is -2.29. The van der Waals surface area contributed by atoms with Crippen molar-refractivity contribution in [3.63, 3.8) is 0 Å². The molecule has 0 heterocycles. The monoisotopic (exact) mass is 203 g/mol. The summed E-state index contributed by atoms with van der Waals surface area (Å²) in [5.41, 5.74) is 0. The van der Waals surface area contributed by atoms with Gasteiger partial charge >= 0.3 is 0 Å². The Kier molecular flexibility index (Phi) is 25.0. The molecule has 0 spiro atoms. The van der Waals surface area contributed by atoms with E-state index in [1.54, 1.807) is 6.92 Å². The van der Waals surface area contributed by atoms with Crippen LogP contribution in [0.4, 0.5) is 0 Å². The van der Waals surface area contributed by atoms with Crippen LogP contribution in [0.15, 0.2) is 0 Å². The van der Waals surface area contributed by atoms with Crippen LogP contribution in [0.5, 0.6) is 0 Å². The number of amides is 1. The fourth-order valence-electron chi connectivity index (χ4n) is 0.887. The topological polar surface area (TPSA) is 20.3 Å². The molecule has 0 radical (unpaired) electrons. The molecule has 0 aliphatic rings. The minimum Gasteiger partial charge on any atom is -0.343 e. The number of hydrogen-bond acceptors (Lipinski definition) is 1. The van der Waals surface area contributed by atoms with E-state index in [2.05, 4.69) is 6.92 Å². The Bertz CT molecular complexity index is 102. The fraction of sp³-hybridized carbons (Fsp3) is 0.917. The maximum atomic E-state index is 10.8. The fourth-order valence-corrected chi connectivity index (χ4v) is 0.887. The van der Waals surface area contributed by atoms with Gasteiger partial charge in [0.15, 0.2) is 0 Å². The minimum atomic E-state index is 0.191. The quantitative estimate of drug-likeness (QED) is 0.682. The second-order valence-electron chi connectivity index (χ2n) is 2.45. The first-order valence-corrected chi connectivity index (χ1v) is 5.97. The van der Waals surface area contributed by atoms with Gasteiger partial charge in [0.2, 0.25) is 5.91 Å². The molecule has 0 aliphatic carbocycles. The Morgan fingerprint density at radius 3 is 1.71 bits per heavy atom. The third kappa shape index (κ3) is 14.0. The Morgan fingerprint density at radius 1 is 1.07 bits per heavy atom. The van der Waals surface area contributed by atoms with Gasteiger partial charge in [-0.2, -0.15) is 0 Å². The van der Waals surface area contributed by atoms with Gasteiger partial charge in [0.05, 0.1) is 0 Å². The standard InChI is InChI=1S/C8H17NO.2C2H6/c1-4-6-7-9(5-2)8(3)10;2*1-2/h4-7H2,1-3H3;2*1-2H3. The van der Waals surface area contributed by atoms with Crippen LogP contribution in [0.3, 0.4) is 0 Å². The van der Waals surface area contributed by atoms with Crippen LogP contribution in [0.2, 0.25) is 0 Å². The SMILES string of the molecule is CC.CC.CCCCN(CC)C(C)=O. The lowest BCUT2D eigenvalue weighted by molar-refractivity contribution is -0.128. The summed E-state index contributed by atoms with van der Waals surface area (Å²) in [7, 11) is 0. The Balaban J connectivity index is -0.000000266. The molecule has 0 aromatic carbocycles. The van der Waals surface area contributed by atoms with Gasteiger partial charge < -0.3 is 4.90 Å². The first kappa shape index (κ1) is 19.1. The summed E-state index contributed by atoms with van der Waals surface area (Å²) >= 11 is 0. The highest BCUT2D eigenvalue weighted by atomic mass is 16.2. The highest BCUT2D eigenvalue weighted by Gasteiger charge is 2.02. The Hall–Kier alpha value is -0.530. The van der Waals surface area contributed by atoms with Crippen molar-refractivity contribution in [2.24, 2.45) is 0 Å². The van der Waals surface area contributed by atoms with Gasteiger partial charge in [0.25, 0.3) is 0 Å². The molecule has 1 amide bonds. The van der Waals surface area contributed by atoms with Crippen molar-refractivity contribution in [1.82, 2.24) is 4.90 Å². The molecular weight excluding hydrogens is 174 g/mol. The smallest absolute Gasteiger partial charge is 0.219 e. The second-order valence-corrected chi connectivity index (χ2v) is 2.45. The molecule has 0 aliphatic heterocycles. The van der Waals surface area contributed by atoms with Gasteiger partial charge in [-0.3, -0.25) is 4.79 Å². The molecule has 0 rings (SSSR count). The van der Waals surface area contributed by atoms with Crippen molar-refractivity contribution in [2.75, 3.05) is 13.1 Å². The van der Waals surface area contributed by atoms with Crippen LogP contribution < -0.4 is 0 Å². The van der Waals surface area contributed by atoms with E-state index < -0.39 is 0 Å². The molecule has 0 aromatic rings. The number of carbonyl (C=O) groups excluding carboxylic acids is 1. The number of rotatable bonds is 4. The van der Waals surface area contributed by atoms with Crippen LogP contribution in [-0.2, 0) is 4.79 Å². The molecule has 0 bridgehead atoms. The van der Waals surface area contributed by atoms with Gasteiger partial charge in [0, 0.05) is 20.0 Å². The van der Waals surface area contributed by atoms with E-state index in [1.165, 1.54) is 0 Å². The summed E-state index contributed by atoms with van der Waals surface area (Å²) < 4.78 is 0. The molecule has 0 atom stereocenters. The highest BCUT2D eigenvalue weighted by Crippen LogP contribution is 1.94. The summed E-state index contributed by atoms with van der Waals surface area (Å²) in [5, 5.41) is 0. The maximum absolute atomic E-state index is 10.8. The van der Waals surface area contributed by atoms with Gasteiger partial charge in [-0.25, -0.2) is 0 Å². The minimum absolute atomic E-state index is 0.191. The summed E-state index contributed by atoms with van der Waals surface area (Å²) in [6, 6.07) is 0. The van der Waals surface area contributed by atoms with Gasteiger partial charge in [-0.15, -0.1) is 0 Å². The van der Waals surface area contributed by atoms with E-state index in [4.69, 9.17) is 0 Å². The molecule has 2 heteroatoms. The summed E-state index contributed by atoms with van der Waals surface area (Å²) in [6.07, 6.45) is 2.28. The molecule has 0 saturated heterocycles. The first-order valence-electron chi connectivity index (χ1n) is 5.97. The van der Waals surface area contributed by atoms with E-state index in [9.17, 15) is 4.79 Å². The zero-order chi connectivity index (χ0) is 12.0. The lowest BCUT2D eigenvalue weighted by Gasteiger charge is -2.17. The van der Waals surface area contributed by atoms with Crippen LogP contribution in [-0.4, -0.2) is 23.9 Å². The van der Waals surface area contributed by atoms with Gasteiger partial charge in [-0.1, -0.05) is 41.0 Å². The molecular formula is C12H29NO. The van der Waals surface area contributed by atoms with Crippen molar-refractivity contribution in [1.29, 1.82) is 0 Å². The summed E-state index contributed by atoms with van der Waals surface area (Å²) in [4.78, 5) is 12.7. The van der Waals surface area contributed by atoms with Crippen LogP contribution >= 0.6 is 0 Å². The first-order chi connectivity index (χ1) is 6.72. The largest absolute Gasteiger partial charge is 0.343 e. The van der Waals surface area contributed by atoms with E-state index in [0.29, 0.717) is 0 Å². The number of unbranched alkanes of at least 4 members (excludes halogenated alkanes) is 1. The second kappa shape index (κ2) is 18.3. The third-order valence-electron chi connectivity index (χ3n) is 1.61. The molecule has 0 unspecified atom stereocenters. The Morgan fingerprint density at radius 2 is 1.50 bits per heavy atom. The molecule has 0 N–H and O–H groups in total. The number of hydrogen-bond donors (Lipinski definition) is 0. The molecule has 0 saturated carbocycles. The van der Waals surface area contributed by atoms with Gasteiger partial charge in [-0.05, 0) is 13.3 Å². The molecule has 2 nitrogen and oxygen atoms in total. The average molecular weight is 203 g/mol. The van der Waals surface area contributed by atoms with Crippen LogP contribution in [0, 0.1) is 0 Å². The van der Waals surface area contributed by atoms with Crippen LogP contribution in [0.1, 0.15) is 61.3 Å². The van der Waals surface area contributed by atoms with Crippen LogP contribution in [0.25, 0.3) is 0 Å². The average Bonchev–Trinajstić information content (AvgIpc) is 2.24. The lowest BCUT2D eigenvalue weighted by atomic mass is 10.3. The van der Waals surface area contributed by atoms with E-state index in [-0.39, 0.29) is 5.91 Å². The predicted molar refractivity (Wildman–Crippen MR) is 65.5 cm³/mol. The number of carbonyl (C=O) groups is 1.